The van der Waals surface area contributed by atoms with Crippen molar-refractivity contribution >= 4 is 0 Å². The molecule has 0 bridgehead atoms. The van der Waals surface area contributed by atoms with E-state index < -0.39 is 36.0 Å². The number of rotatable bonds is 6. The van der Waals surface area contributed by atoms with E-state index in [9.17, 15) is 23.3 Å². The Labute approximate surface area is 136 Å². The van der Waals surface area contributed by atoms with Gasteiger partial charge in [-0.1, -0.05) is 12.1 Å². The first-order valence-electron chi connectivity index (χ1n) is 7.51. The predicted octanol–water partition coefficient (Wildman–Crippen LogP) is 3.83. The minimum absolute atomic E-state index is 0.00238. The summed E-state index contributed by atoms with van der Waals surface area (Å²) in [5.41, 5.74) is 0.392. The molecule has 1 unspecified atom stereocenters. The standard InChI is InChI=1S/C15H18F3NO5/c1-10-3-2-4-14(22-10)23-13(9-19(20)21)11-5-7-12(8-6-11)24-15(16,17)18/h5-8,10,13-14H,2-4,9H2,1H3/t10-,13+,14?/m1/s1. The lowest BCUT2D eigenvalue weighted by molar-refractivity contribution is -0.496. The Balaban J connectivity index is 2.07. The van der Waals surface area contributed by atoms with Crippen molar-refractivity contribution < 1.29 is 32.3 Å². The van der Waals surface area contributed by atoms with E-state index in [-0.39, 0.29) is 6.10 Å². The number of nitrogens with zero attached hydrogens (tertiary/aromatic N) is 1. The molecule has 1 heterocycles. The molecule has 9 heteroatoms. The minimum Gasteiger partial charge on any atom is -0.406 e. The average molecular weight is 349 g/mol. The summed E-state index contributed by atoms with van der Waals surface area (Å²) in [6.45, 7) is 1.38. The molecule has 1 aliphatic heterocycles. The summed E-state index contributed by atoms with van der Waals surface area (Å²) in [6.07, 6.45) is -3.86. The maximum Gasteiger partial charge on any atom is 0.573 e. The van der Waals surface area contributed by atoms with Gasteiger partial charge >= 0.3 is 6.36 Å². The van der Waals surface area contributed by atoms with Crippen molar-refractivity contribution in [2.75, 3.05) is 6.54 Å². The molecule has 1 aliphatic rings. The number of halogens is 3. The van der Waals surface area contributed by atoms with E-state index in [0.717, 1.165) is 25.0 Å². The smallest absolute Gasteiger partial charge is 0.406 e. The Bertz CT molecular complexity index is 549. The van der Waals surface area contributed by atoms with Crippen LogP contribution >= 0.6 is 0 Å². The lowest BCUT2D eigenvalue weighted by Crippen LogP contribution is -2.31. The van der Waals surface area contributed by atoms with Gasteiger partial charge < -0.3 is 14.2 Å². The molecule has 0 radical (unpaired) electrons. The van der Waals surface area contributed by atoms with Crippen molar-refractivity contribution in [2.24, 2.45) is 0 Å². The van der Waals surface area contributed by atoms with E-state index in [1.165, 1.54) is 12.1 Å². The summed E-state index contributed by atoms with van der Waals surface area (Å²) >= 11 is 0. The lowest BCUT2D eigenvalue weighted by atomic mass is 10.1. The summed E-state index contributed by atoms with van der Waals surface area (Å²) in [4.78, 5) is 10.3. The molecular formula is C15H18F3NO5. The number of hydrogen-bond donors (Lipinski definition) is 0. The van der Waals surface area contributed by atoms with Gasteiger partial charge in [0.25, 0.3) is 0 Å². The van der Waals surface area contributed by atoms with Crippen molar-refractivity contribution in [3.63, 3.8) is 0 Å². The van der Waals surface area contributed by atoms with Crippen LogP contribution in [0.5, 0.6) is 5.75 Å². The van der Waals surface area contributed by atoms with Gasteiger partial charge in [-0.15, -0.1) is 13.2 Å². The molecule has 1 aromatic carbocycles. The Morgan fingerprint density at radius 2 is 2.00 bits per heavy atom. The van der Waals surface area contributed by atoms with Crippen molar-refractivity contribution in [3.05, 3.63) is 39.9 Å². The third kappa shape index (κ3) is 5.97. The first kappa shape index (κ1) is 18.5. The van der Waals surface area contributed by atoms with Crippen LogP contribution in [0.1, 0.15) is 37.9 Å². The first-order chi connectivity index (χ1) is 11.2. The summed E-state index contributed by atoms with van der Waals surface area (Å²) in [5, 5.41) is 10.9. The minimum atomic E-state index is -4.79. The number of hydrogen-bond acceptors (Lipinski definition) is 5. The van der Waals surface area contributed by atoms with Gasteiger partial charge in [-0.25, -0.2) is 0 Å². The fraction of sp³-hybridized carbons (Fsp3) is 0.600. The van der Waals surface area contributed by atoms with Gasteiger partial charge in [-0.05, 0) is 43.9 Å². The van der Waals surface area contributed by atoms with E-state index in [2.05, 4.69) is 4.74 Å². The van der Waals surface area contributed by atoms with E-state index in [1.807, 2.05) is 6.92 Å². The summed E-state index contributed by atoms with van der Waals surface area (Å²) in [7, 11) is 0. The second kappa shape index (κ2) is 7.80. The molecule has 24 heavy (non-hydrogen) atoms. The second-order valence-electron chi connectivity index (χ2n) is 5.56. The van der Waals surface area contributed by atoms with Crippen LogP contribution in [-0.4, -0.2) is 30.2 Å². The van der Waals surface area contributed by atoms with E-state index in [0.29, 0.717) is 12.0 Å². The Hall–Kier alpha value is -1.87. The van der Waals surface area contributed by atoms with Crippen LogP contribution in [0.25, 0.3) is 0 Å². The van der Waals surface area contributed by atoms with Gasteiger partial charge in [0.2, 0.25) is 6.54 Å². The zero-order valence-electron chi connectivity index (χ0n) is 13.0. The highest BCUT2D eigenvalue weighted by Crippen LogP contribution is 2.29. The molecule has 6 nitrogen and oxygen atoms in total. The largest absolute Gasteiger partial charge is 0.573 e. The molecule has 0 N–H and O–H groups in total. The molecule has 3 atom stereocenters. The summed E-state index contributed by atoms with van der Waals surface area (Å²) in [5.74, 6) is -0.395. The number of ether oxygens (including phenoxy) is 3. The van der Waals surface area contributed by atoms with Gasteiger partial charge in [0.15, 0.2) is 6.29 Å². The first-order valence-corrected chi connectivity index (χ1v) is 7.51. The van der Waals surface area contributed by atoms with E-state index in [1.54, 1.807) is 0 Å². The van der Waals surface area contributed by atoms with Gasteiger partial charge in [-0.2, -0.15) is 0 Å². The SMILES string of the molecule is C[C@@H]1CCCC(O[C@@H](C[N+](=O)[O-])c2ccc(OC(F)(F)F)cc2)O1. The van der Waals surface area contributed by atoms with Crippen molar-refractivity contribution in [2.45, 2.75) is 51.0 Å². The molecule has 1 aromatic rings. The molecular weight excluding hydrogens is 331 g/mol. The van der Waals surface area contributed by atoms with Gasteiger partial charge in [0.1, 0.15) is 11.9 Å². The summed E-state index contributed by atoms with van der Waals surface area (Å²) in [6, 6.07) is 4.84. The Kier molecular flexibility index (Phi) is 6.00. The van der Waals surface area contributed by atoms with Crippen LogP contribution in [0.3, 0.4) is 0 Å². The molecule has 0 amide bonds. The predicted molar refractivity (Wildman–Crippen MR) is 77.0 cm³/mol. The van der Waals surface area contributed by atoms with Gasteiger partial charge in [0.05, 0.1) is 6.10 Å². The molecule has 134 valence electrons. The van der Waals surface area contributed by atoms with Crippen molar-refractivity contribution in [3.8, 4) is 5.75 Å². The molecule has 1 fully saturated rings. The zero-order valence-corrected chi connectivity index (χ0v) is 13.0. The highest BCUT2D eigenvalue weighted by Gasteiger charge is 2.31. The molecule has 0 aromatic heterocycles. The number of alkyl halides is 3. The maximum atomic E-state index is 12.2. The topological polar surface area (TPSA) is 70.8 Å². The van der Waals surface area contributed by atoms with Crippen LogP contribution in [0, 0.1) is 10.1 Å². The maximum absolute atomic E-state index is 12.2. The van der Waals surface area contributed by atoms with Gasteiger partial charge in [-0.3, -0.25) is 10.1 Å². The van der Waals surface area contributed by atoms with Crippen LogP contribution in [0.15, 0.2) is 24.3 Å². The average Bonchev–Trinajstić information content (AvgIpc) is 2.45. The van der Waals surface area contributed by atoms with Crippen molar-refractivity contribution in [1.29, 1.82) is 0 Å². The number of benzene rings is 1. The monoisotopic (exact) mass is 349 g/mol. The molecule has 2 rings (SSSR count). The molecule has 1 saturated heterocycles. The molecule has 0 spiro atoms. The van der Waals surface area contributed by atoms with Crippen LogP contribution in [0.4, 0.5) is 13.2 Å². The zero-order chi connectivity index (χ0) is 17.7. The lowest BCUT2D eigenvalue weighted by Gasteiger charge is -2.30. The molecule has 0 aliphatic carbocycles. The molecule has 0 saturated carbocycles. The Morgan fingerprint density at radius 3 is 2.54 bits per heavy atom. The second-order valence-corrected chi connectivity index (χ2v) is 5.56. The Morgan fingerprint density at radius 1 is 1.33 bits per heavy atom. The third-order valence-corrected chi connectivity index (χ3v) is 3.55. The van der Waals surface area contributed by atoms with Crippen LogP contribution in [0.2, 0.25) is 0 Å². The van der Waals surface area contributed by atoms with Gasteiger partial charge in [0, 0.05) is 4.92 Å². The van der Waals surface area contributed by atoms with E-state index >= 15 is 0 Å². The van der Waals surface area contributed by atoms with E-state index in [4.69, 9.17) is 9.47 Å². The highest BCUT2D eigenvalue weighted by atomic mass is 19.4. The van der Waals surface area contributed by atoms with Crippen LogP contribution < -0.4 is 4.74 Å². The normalized spacial score (nSPS) is 22.8. The fourth-order valence-corrected chi connectivity index (χ4v) is 2.50. The van der Waals surface area contributed by atoms with Crippen molar-refractivity contribution in [1.82, 2.24) is 0 Å². The van der Waals surface area contributed by atoms with Crippen LogP contribution in [-0.2, 0) is 9.47 Å². The summed E-state index contributed by atoms with van der Waals surface area (Å²) < 4.78 is 51.5. The quantitative estimate of drug-likeness (QED) is 0.576. The number of nitro groups is 1. The third-order valence-electron chi connectivity index (χ3n) is 3.55. The fourth-order valence-electron chi connectivity index (χ4n) is 2.50. The highest BCUT2D eigenvalue weighted by molar-refractivity contribution is 5.28.